The van der Waals surface area contributed by atoms with Gasteiger partial charge in [0, 0.05) is 12.7 Å². The summed E-state index contributed by atoms with van der Waals surface area (Å²) in [7, 11) is 0. The molecule has 90 valence electrons. The molecule has 0 N–H and O–H groups in total. The van der Waals surface area contributed by atoms with Crippen LogP contribution in [0.25, 0.3) is 0 Å². The molecule has 1 aliphatic rings. The molecule has 3 nitrogen and oxygen atoms in total. The molecule has 3 heteroatoms. The molecule has 1 saturated heterocycles. The van der Waals surface area contributed by atoms with Crippen molar-refractivity contribution in [1.29, 1.82) is 5.26 Å². The maximum absolute atomic E-state index is 8.82. The third-order valence-electron chi connectivity index (χ3n) is 3.45. The smallest absolute Gasteiger partial charge is 0.140 e. The summed E-state index contributed by atoms with van der Waals surface area (Å²) in [6.07, 6.45) is 5.65. The van der Waals surface area contributed by atoms with Gasteiger partial charge < -0.3 is 0 Å². The van der Waals surface area contributed by atoms with Crippen LogP contribution in [0.4, 0.5) is 0 Å². The molecular formula is C14H19N3. The van der Waals surface area contributed by atoms with E-state index in [0.717, 1.165) is 12.5 Å². The average molecular weight is 229 g/mol. The van der Waals surface area contributed by atoms with Crippen LogP contribution in [0.1, 0.15) is 37.4 Å². The van der Waals surface area contributed by atoms with Crippen LogP contribution in [0, 0.1) is 17.2 Å². The van der Waals surface area contributed by atoms with E-state index in [-0.39, 0.29) is 0 Å². The van der Waals surface area contributed by atoms with Crippen LogP contribution in [0.5, 0.6) is 0 Å². The summed E-state index contributed by atoms with van der Waals surface area (Å²) in [5.41, 5.74) is 1.72. The fraction of sp³-hybridized carbons (Fsp3) is 0.571. The second-order valence-electron chi connectivity index (χ2n) is 4.97. The van der Waals surface area contributed by atoms with Gasteiger partial charge >= 0.3 is 0 Å². The lowest BCUT2D eigenvalue weighted by Gasteiger charge is -2.19. The van der Waals surface area contributed by atoms with E-state index >= 15 is 0 Å². The predicted octanol–water partition coefficient (Wildman–Crippen LogP) is 2.58. The number of hydrogen-bond donors (Lipinski definition) is 0. The Kier molecular flexibility index (Phi) is 4.11. The molecule has 0 aliphatic carbocycles. The van der Waals surface area contributed by atoms with Crippen molar-refractivity contribution in [2.75, 3.05) is 13.1 Å². The second-order valence-corrected chi connectivity index (χ2v) is 4.97. The normalized spacial score (nSPS) is 21.8. The van der Waals surface area contributed by atoms with Gasteiger partial charge in [0.05, 0.1) is 0 Å². The Balaban J connectivity index is 1.97. The van der Waals surface area contributed by atoms with Crippen LogP contribution in [0.15, 0.2) is 18.3 Å². The van der Waals surface area contributed by atoms with Crippen molar-refractivity contribution in [3.63, 3.8) is 0 Å². The standard InChI is InChI=1S/C14H19N3/c1-12-3-2-7-17(8-5-12)11-13-4-6-16-14(9-13)10-15/h4,6,9,12H,2-3,5,7-8,11H2,1H3. The number of rotatable bonds is 2. The van der Waals surface area contributed by atoms with Gasteiger partial charge in [-0.15, -0.1) is 0 Å². The third kappa shape index (κ3) is 3.54. The fourth-order valence-corrected chi connectivity index (χ4v) is 2.37. The molecular weight excluding hydrogens is 210 g/mol. The summed E-state index contributed by atoms with van der Waals surface area (Å²) in [6.45, 7) is 5.63. The molecule has 1 atom stereocenters. The van der Waals surface area contributed by atoms with Gasteiger partial charge in [-0.1, -0.05) is 6.92 Å². The third-order valence-corrected chi connectivity index (χ3v) is 3.45. The number of hydrogen-bond acceptors (Lipinski definition) is 3. The number of pyridine rings is 1. The molecule has 0 bridgehead atoms. The van der Waals surface area contributed by atoms with Crippen LogP contribution in [0.2, 0.25) is 0 Å². The molecule has 0 spiro atoms. The molecule has 1 aliphatic heterocycles. The molecule has 1 aromatic heterocycles. The number of nitrogens with zero attached hydrogens (tertiary/aromatic N) is 3. The highest BCUT2D eigenvalue weighted by atomic mass is 15.1. The zero-order valence-corrected chi connectivity index (χ0v) is 10.4. The van der Waals surface area contributed by atoms with Crippen LogP contribution < -0.4 is 0 Å². The van der Waals surface area contributed by atoms with Crippen molar-refractivity contribution in [3.8, 4) is 6.07 Å². The largest absolute Gasteiger partial charge is 0.299 e. The topological polar surface area (TPSA) is 39.9 Å². The summed E-state index contributed by atoms with van der Waals surface area (Å²) in [6, 6.07) is 6.00. The zero-order valence-electron chi connectivity index (χ0n) is 10.4. The van der Waals surface area contributed by atoms with E-state index in [0.29, 0.717) is 5.69 Å². The van der Waals surface area contributed by atoms with Crippen LogP contribution >= 0.6 is 0 Å². The van der Waals surface area contributed by atoms with Crippen molar-refractivity contribution in [2.24, 2.45) is 5.92 Å². The van der Waals surface area contributed by atoms with Crippen LogP contribution in [0.3, 0.4) is 0 Å². The van der Waals surface area contributed by atoms with Crippen molar-refractivity contribution in [2.45, 2.75) is 32.7 Å². The summed E-state index contributed by atoms with van der Waals surface area (Å²) in [4.78, 5) is 6.49. The maximum Gasteiger partial charge on any atom is 0.140 e. The van der Waals surface area contributed by atoms with Gasteiger partial charge in [-0.3, -0.25) is 4.90 Å². The first kappa shape index (κ1) is 12.1. The van der Waals surface area contributed by atoms with Crippen molar-refractivity contribution < 1.29 is 0 Å². The summed E-state index contributed by atoms with van der Waals surface area (Å²) >= 11 is 0. The lowest BCUT2D eigenvalue weighted by Crippen LogP contribution is -2.24. The Hall–Kier alpha value is -1.40. The molecule has 0 saturated carbocycles. The highest BCUT2D eigenvalue weighted by Crippen LogP contribution is 2.18. The summed E-state index contributed by atoms with van der Waals surface area (Å²) in [5, 5.41) is 8.82. The first-order valence-corrected chi connectivity index (χ1v) is 6.35. The lowest BCUT2D eigenvalue weighted by molar-refractivity contribution is 0.273. The quantitative estimate of drug-likeness (QED) is 0.782. The minimum Gasteiger partial charge on any atom is -0.299 e. The number of likely N-dealkylation sites (tertiary alicyclic amines) is 1. The van der Waals surface area contributed by atoms with Gasteiger partial charge in [0.1, 0.15) is 11.8 Å². The minimum atomic E-state index is 0.519. The first-order chi connectivity index (χ1) is 8.28. The van der Waals surface area contributed by atoms with E-state index in [4.69, 9.17) is 5.26 Å². The van der Waals surface area contributed by atoms with Gasteiger partial charge in [-0.25, -0.2) is 4.98 Å². The Labute approximate surface area is 103 Å². The summed E-state index contributed by atoms with van der Waals surface area (Å²) in [5.74, 6) is 0.854. The first-order valence-electron chi connectivity index (χ1n) is 6.35. The maximum atomic E-state index is 8.82. The number of aromatic nitrogens is 1. The van der Waals surface area contributed by atoms with E-state index in [9.17, 15) is 0 Å². The molecule has 2 rings (SSSR count). The van der Waals surface area contributed by atoms with E-state index in [1.807, 2.05) is 12.1 Å². The minimum absolute atomic E-state index is 0.519. The fourth-order valence-electron chi connectivity index (χ4n) is 2.37. The predicted molar refractivity (Wildman–Crippen MR) is 67.2 cm³/mol. The van der Waals surface area contributed by atoms with E-state index in [1.54, 1.807) is 6.20 Å². The SMILES string of the molecule is CC1CCCN(Cc2ccnc(C#N)c2)CC1. The van der Waals surface area contributed by atoms with E-state index < -0.39 is 0 Å². The lowest BCUT2D eigenvalue weighted by atomic mass is 10.0. The van der Waals surface area contributed by atoms with Crippen LogP contribution in [-0.4, -0.2) is 23.0 Å². The van der Waals surface area contributed by atoms with Gasteiger partial charge in [-0.2, -0.15) is 5.26 Å². The zero-order chi connectivity index (χ0) is 12.1. The highest BCUT2D eigenvalue weighted by Gasteiger charge is 2.13. The number of nitriles is 1. The Morgan fingerprint density at radius 1 is 1.47 bits per heavy atom. The van der Waals surface area contributed by atoms with E-state index in [1.165, 1.54) is 37.9 Å². The second kappa shape index (κ2) is 5.79. The molecule has 1 fully saturated rings. The van der Waals surface area contributed by atoms with Crippen molar-refractivity contribution in [3.05, 3.63) is 29.6 Å². The molecule has 0 radical (unpaired) electrons. The molecule has 2 heterocycles. The molecule has 1 aromatic rings. The molecule has 1 unspecified atom stereocenters. The molecule has 17 heavy (non-hydrogen) atoms. The average Bonchev–Trinajstić information content (AvgIpc) is 2.55. The summed E-state index contributed by atoms with van der Waals surface area (Å²) < 4.78 is 0. The van der Waals surface area contributed by atoms with Gasteiger partial charge in [0.15, 0.2) is 0 Å². The van der Waals surface area contributed by atoms with Crippen molar-refractivity contribution >= 4 is 0 Å². The molecule has 0 aromatic carbocycles. The molecule has 0 amide bonds. The highest BCUT2D eigenvalue weighted by molar-refractivity contribution is 5.25. The van der Waals surface area contributed by atoms with Crippen molar-refractivity contribution in [1.82, 2.24) is 9.88 Å². The Morgan fingerprint density at radius 3 is 3.18 bits per heavy atom. The van der Waals surface area contributed by atoms with Gasteiger partial charge in [0.2, 0.25) is 0 Å². The van der Waals surface area contributed by atoms with Gasteiger partial charge in [0.25, 0.3) is 0 Å². The van der Waals surface area contributed by atoms with Gasteiger partial charge in [-0.05, 0) is 56.0 Å². The monoisotopic (exact) mass is 229 g/mol. The Morgan fingerprint density at radius 2 is 2.35 bits per heavy atom. The van der Waals surface area contributed by atoms with Crippen LogP contribution in [-0.2, 0) is 6.54 Å². The Bertz CT molecular complexity index is 408. The van der Waals surface area contributed by atoms with E-state index in [2.05, 4.69) is 22.9 Å².